The molecule has 10 heteroatoms. The highest BCUT2D eigenvalue weighted by Gasteiger charge is 2.31. The molecule has 0 saturated carbocycles. The van der Waals surface area contributed by atoms with Crippen molar-refractivity contribution < 1.29 is 24.3 Å². The van der Waals surface area contributed by atoms with Crippen LogP contribution in [0.3, 0.4) is 0 Å². The van der Waals surface area contributed by atoms with Gasteiger partial charge in [-0.1, -0.05) is 92.7 Å². The number of nitrogens with two attached hydrogens (primary N) is 1. The largest absolute Gasteiger partial charge is 0.480 e. The minimum atomic E-state index is -1.16. The molecule has 0 fully saturated rings. The molecule has 0 aliphatic rings. The van der Waals surface area contributed by atoms with Crippen LogP contribution in [0, 0.1) is 5.92 Å². The standard InChI is InChI=1S/C35H41N5O5/c1-22(2)17-31(35(44)45)40-34(43)30(20-25-21-37-28-16-10-9-15-26(25)28)39-33(42)29(19-24-13-7-4-8-14-24)38-32(41)27(36)18-23-11-5-3-6-12-23/h3-16,21-22,27,29-31,37H,17-20,36H2,1-2H3,(H,38,41)(H,39,42)(H,40,43)(H,44,45). The maximum atomic E-state index is 13.9. The summed E-state index contributed by atoms with van der Waals surface area (Å²) < 4.78 is 0. The monoisotopic (exact) mass is 611 g/mol. The summed E-state index contributed by atoms with van der Waals surface area (Å²) >= 11 is 0. The van der Waals surface area contributed by atoms with Crippen molar-refractivity contribution in [1.29, 1.82) is 0 Å². The van der Waals surface area contributed by atoms with Crippen molar-refractivity contribution in [2.45, 2.75) is 63.7 Å². The second kappa shape index (κ2) is 15.7. The number of hydrogen-bond donors (Lipinski definition) is 6. The van der Waals surface area contributed by atoms with Crippen LogP contribution in [0.2, 0.25) is 0 Å². The number of carbonyl (C=O) groups excluding carboxylic acids is 3. The lowest BCUT2D eigenvalue weighted by Crippen LogP contribution is -2.58. The molecule has 10 nitrogen and oxygen atoms in total. The van der Waals surface area contributed by atoms with E-state index >= 15 is 0 Å². The molecule has 7 N–H and O–H groups in total. The lowest BCUT2D eigenvalue weighted by Gasteiger charge is -2.26. The van der Waals surface area contributed by atoms with Crippen LogP contribution in [0.1, 0.15) is 37.0 Å². The van der Waals surface area contributed by atoms with E-state index in [9.17, 15) is 24.3 Å². The van der Waals surface area contributed by atoms with Gasteiger partial charge in [0.1, 0.15) is 18.1 Å². The topological polar surface area (TPSA) is 166 Å². The zero-order valence-corrected chi connectivity index (χ0v) is 25.5. The summed E-state index contributed by atoms with van der Waals surface area (Å²) in [6.07, 6.45) is 2.52. The normalized spacial score (nSPS) is 13.9. The van der Waals surface area contributed by atoms with E-state index < -0.39 is 47.9 Å². The van der Waals surface area contributed by atoms with Gasteiger partial charge in [0.25, 0.3) is 0 Å². The van der Waals surface area contributed by atoms with Gasteiger partial charge in [-0.3, -0.25) is 14.4 Å². The summed E-state index contributed by atoms with van der Waals surface area (Å²) in [6.45, 7) is 3.74. The average Bonchev–Trinajstić information content (AvgIpc) is 3.43. The van der Waals surface area contributed by atoms with Crippen LogP contribution in [-0.4, -0.2) is 57.9 Å². The molecule has 45 heavy (non-hydrogen) atoms. The second-order valence-electron chi connectivity index (χ2n) is 11.7. The van der Waals surface area contributed by atoms with Crippen molar-refractivity contribution in [1.82, 2.24) is 20.9 Å². The Morgan fingerprint density at radius 2 is 1.20 bits per heavy atom. The number of carboxylic acid groups (broad SMARTS) is 1. The number of aromatic amines is 1. The Morgan fingerprint density at radius 1 is 0.689 bits per heavy atom. The summed E-state index contributed by atoms with van der Waals surface area (Å²) in [7, 11) is 0. The van der Waals surface area contributed by atoms with Gasteiger partial charge in [-0.25, -0.2) is 4.79 Å². The summed E-state index contributed by atoms with van der Waals surface area (Å²) in [5, 5.41) is 18.9. The molecule has 0 aliphatic heterocycles. The lowest BCUT2D eigenvalue weighted by molar-refractivity contribution is -0.142. The highest BCUT2D eigenvalue weighted by molar-refractivity contribution is 5.95. The number of rotatable bonds is 15. The fourth-order valence-electron chi connectivity index (χ4n) is 5.27. The minimum absolute atomic E-state index is 0.0126. The predicted molar refractivity (Wildman–Crippen MR) is 173 cm³/mol. The van der Waals surface area contributed by atoms with E-state index in [0.717, 1.165) is 27.6 Å². The van der Waals surface area contributed by atoms with Crippen LogP contribution in [0.5, 0.6) is 0 Å². The van der Waals surface area contributed by atoms with E-state index in [-0.39, 0.29) is 31.6 Å². The molecule has 0 spiro atoms. The van der Waals surface area contributed by atoms with Crippen molar-refractivity contribution in [2.75, 3.05) is 0 Å². The third kappa shape index (κ3) is 9.51. The molecule has 3 aromatic carbocycles. The molecule has 0 saturated heterocycles. The summed E-state index contributed by atoms with van der Waals surface area (Å²) in [6, 6.07) is 21.9. The van der Waals surface area contributed by atoms with Gasteiger partial charge in [-0.05, 0) is 41.5 Å². The molecular weight excluding hydrogens is 570 g/mol. The molecular formula is C35H41N5O5. The quantitative estimate of drug-likeness (QED) is 0.121. The number of para-hydroxylation sites is 1. The zero-order chi connectivity index (χ0) is 32.3. The Kier molecular flexibility index (Phi) is 11.5. The van der Waals surface area contributed by atoms with Crippen LogP contribution in [0.15, 0.2) is 91.1 Å². The average molecular weight is 612 g/mol. The number of nitrogens with one attached hydrogen (secondary N) is 4. The molecule has 4 atom stereocenters. The first kappa shape index (κ1) is 32.9. The van der Waals surface area contributed by atoms with E-state index in [1.54, 1.807) is 6.20 Å². The SMILES string of the molecule is CC(C)CC(NC(=O)C(Cc1c[nH]c2ccccc12)NC(=O)C(Cc1ccccc1)NC(=O)C(N)Cc1ccccc1)C(=O)O. The third-order valence-corrected chi connectivity index (χ3v) is 7.60. The third-order valence-electron chi connectivity index (χ3n) is 7.60. The number of fused-ring (bicyclic) bond motifs is 1. The molecule has 4 unspecified atom stereocenters. The van der Waals surface area contributed by atoms with Crippen molar-refractivity contribution in [3.8, 4) is 0 Å². The van der Waals surface area contributed by atoms with E-state index in [1.165, 1.54) is 0 Å². The number of aromatic nitrogens is 1. The van der Waals surface area contributed by atoms with Crippen molar-refractivity contribution >= 4 is 34.6 Å². The molecule has 0 bridgehead atoms. The number of amides is 3. The van der Waals surface area contributed by atoms with E-state index in [1.807, 2.05) is 98.8 Å². The summed E-state index contributed by atoms with van der Waals surface area (Å²) in [4.78, 5) is 55.9. The smallest absolute Gasteiger partial charge is 0.326 e. The Balaban J connectivity index is 1.58. The Labute approximate surface area is 262 Å². The summed E-state index contributed by atoms with van der Waals surface area (Å²) in [5.74, 6) is -2.87. The van der Waals surface area contributed by atoms with Gasteiger partial charge >= 0.3 is 5.97 Å². The predicted octanol–water partition coefficient (Wildman–Crippen LogP) is 3.11. The van der Waals surface area contributed by atoms with Crippen LogP contribution in [0.25, 0.3) is 10.9 Å². The number of benzene rings is 3. The number of hydrogen-bond acceptors (Lipinski definition) is 5. The molecule has 0 aliphatic carbocycles. The maximum Gasteiger partial charge on any atom is 0.326 e. The van der Waals surface area contributed by atoms with Gasteiger partial charge < -0.3 is 31.8 Å². The van der Waals surface area contributed by atoms with Crippen LogP contribution >= 0.6 is 0 Å². The highest BCUT2D eigenvalue weighted by atomic mass is 16.4. The van der Waals surface area contributed by atoms with Gasteiger partial charge in [-0.2, -0.15) is 0 Å². The number of H-pyrrole nitrogens is 1. The molecule has 1 heterocycles. The van der Waals surface area contributed by atoms with Gasteiger partial charge in [0.05, 0.1) is 6.04 Å². The molecule has 1 aromatic heterocycles. The van der Waals surface area contributed by atoms with Crippen LogP contribution < -0.4 is 21.7 Å². The fraction of sp³-hybridized carbons (Fsp3) is 0.314. The van der Waals surface area contributed by atoms with E-state index in [0.29, 0.717) is 0 Å². The lowest BCUT2D eigenvalue weighted by atomic mass is 10.00. The first-order valence-electron chi connectivity index (χ1n) is 15.1. The maximum absolute atomic E-state index is 13.9. The Bertz CT molecular complexity index is 1590. The minimum Gasteiger partial charge on any atom is -0.480 e. The van der Waals surface area contributed by atoms with Crippen LogP contribution in [0.4, 0.5) is 0 Å². The first-order chi connectivity index (χ1) is 21.6. The van der Waals surface area contributed by atoms with Gasteiger partial charge in [0.2, 0.25) is 17.7 Å². The van der Waals surface area contributed by atoms with Crippen molar-refractivity contribution in [2.24, 2.45) is 11.7 Å². The first-order valence-corrected chi connectivity index (χ1v) is 15.1. The van der Waals surface area contributed by atoms with Crippen molar-refractivity contribution in [3.63, 3.8) is 0 Å². The van der Waals surface area contributed by atoms with E-state index in [2.05, 4.69) is 20.9 Å². The number of aliphatic carboxylic acids is 1. The van der Waals surface area contributed by atoms with Gasteiger partial charge in [0.15, 0.2) is 0 Å². The number of carbonyl (C=O) groups is 4. The number of carboxylic acids is 1. The van der Waals surface area contributed by atoms with Crippen molar-refractivity contribution in [3.05, 3.63) is 108 Å². The summed E-state index contributed by atoms with van der Waals surface area (Å²) in [5.41, 5.74) is 9.56. The zero-order valence-electron chi connectivity index (χ0n) is 25.5. The van der Waals surface area contributed by atoms with E-state index in [4.69, 9.17) is 5.73 Å². The molecule has 4 aromatic rings. The Hall–Kier alpha value is -4.96. The fourth-order valence-corrected chi connectivity index (χ4v) is 5.27. The molecule has 0 radical (unpaired) electrons. The Morgan fingerprint density at radius 3 is 1.80 bits per heavy atom. The van der Waals surface area contributed by atoms with Crippen LogP contribution in [-0.2, 0) is 38.4 Å². The van der Waals surface area contributed by atoms with Gasteiger partial charge in [0, 0.05) is 29.9 Å². The molecule has 236 valence electrons. The highest BCUT2D eigenvalue weighted by Crippen LogP contribution is 2.20. The second-order valence-corrected chi connectivity index (χ2v) is 11.7. The molecule has 3 amide bonds. The van der Waals surface area contributed by atoms with Gasteiger partial charge in [-0.15, -0.1) is 0 Å². The molecule has 4 rings (SSSR count).